The first-order chi connectivity index (χ1) is 13.5. The number of nitrogens with one attached hydrogen (secondary N) is 2. The van der Waals surface area contributed by atoms with E-state index >= 15 is 0 Å². The van der Waals surface area contributed by atoms with Crippen LogP contribution in [0.4, 0.5) is 0 Å². The minimum absolute atomic E-state index is 0.209. The molecule has 0 atom stereocenters. The van der Waals surface area contributed by atoms with Gasteiger partial charge in [-0.25, -0.2) is 0 Å². The number of benzene rings is 3. The molecule has 2 N–H and O–H groups in total. The Labute approximate surface area is 176 Å². The Kier molecular flexibility index (Phi) is 6.90. The second-order valence-electron chi connectivity index (χ2n) is 6.08. The van der Waals surface area contributed by atoms with Gasteiger partial charge in [-0.05, 0) is 50.8 Å². The Morgan fingerprint density at radius 2 is 1.64 bits per heavy atom. The molecule has 0 saturated carbocycles. The van der Waals surface area contributed by atoms with Crippen LogP contribution in [0.2, 0.25) is 5.02 Å². The zero-order chi connectivity index (χ0) is 19.9. The third-order valence-corrected chi connectivity index (χ3v) is 5.29. The number of carbonyl (C=O) groups excluding carboxylic acids is 2. The molecule has 0 aliphatic rings. The monoisotopic (exact) mass is 460 g/mol. The number of amides is 2. The number of hydrazine groups is 1. The van der Waals surface area contributed by atoms with E-state index in [4.69, 9.17) is 16.3 Å². The van der Waals surface area contributed by atoms with Gasteiger partial charge in [0.15, 0.2) is 6.61 Å². The van der Waals surface area contributed by atoms with Gasteiger partial charge in [0.2, 0.25) is 5.91 Å². The fourth-order valence-electron chi connectivity index (χ4n) is 2.66. The van der Waals surface area contributed by atoms with Crippen molar-refractivity contribution < 1.29 is 14.3 Å². The van der Waals surface area contributed by atoms with Gasteiger partial charge >= 0.3 is 0 Å². The molecule has 0 unspecified atom stereocenters. The van der Waals surface area contributed by atoms with Crippen molar-refractivity contribution in [3.63, 3.8) is 0 Å². The standard InChI is InChI=1S/C21H18BrClN2O3/c22-21-16-7-3-1-5-14(16)9-11-18(21)28-13-20(27)25-24-19(26)12-10-15-6-2-4-8-17(15)23/h1-9,11H,10,12-13H2,(H,24,26)(H,25,27). The molecule has 3 rings (SSSR count). The van der Waals surface area contributed by atoms with E-state index in [1.807, 2.05) is 48.5 Å². The van der Waals surface area contributed by atoms with Crippen LogP contribution in [0, 0.1) is 0 Å². The summed E-state index contributed by atoms with van der Waals surface area (Å²) in [4.78, 5) is 23.8. The number of aryl methyl sites for hydroxylation is 1. The maximum Gasteiger partial charge on any atom is 0.276 e. The molecule has 0 aliphatic carbocycles. The van der Waals surface area contributed by atoms with Crippen LogP contribution in [-0.2, 0) is 16.0 Å². The Bertz CT molecular complexity index is 1010. The lowest BCUT2D eigenvalue weighted by Gasteiger charge is -2.11. The minimum Gasteiger partial charge on any atom is -0.483 e. The van der Waals surface area contributed by atoms with Crippen molar-refractivity contribution >= 4 is 50.1 Å². The number of rotatable bonds is 6. The fraction of sp³-hybridized carbons (Fsp3) is 0.143. The first-order valence-electron chi connectivity index (χ1n) is 8.66. The second-order valence-corrected chi connectivity index (χ2v) is 7.28. The molecule has 3 aromatic rings. The van der Waals surface area contributed by atoms with Crippen LogP contribution in [-0.4, -0.2) is 18.4 Å². The van der Waals surface area contributed by atoms with Crippen LogP contribution in [0.15, 0.2) is 65.1 Å². The topological polar surface area (TPSA) is 67.4 Å². The molecule has 2 amide bonds. The predicted molar refractivity (Wildman–Crippen MR) is 113 cm³/mol. The average Bonchev–Trinajstić information content (AvgIpc) is 2.71. The summed E-state index contributed by atoms with van der Waals surface area (Å²) in [6.07, 6.45) is 0.697. The zero-order valence-electron chi connectivity index (χ0n) is 14.9. The molecule has 0 saturated heterocycles. The van der Waals surface area contributed by atoms with Crippen LogP contribution < -0.4 is 15.6 Å². The summed E-state index contributed by atoms with van der Waals surface area (Å²) in [5, 5.41) is 2.68. The highest BCUT2D eigenvalue weighted by Crippen LogP contribution is 2.32. The lowest BCUT2D eigenvalue weighted by molar-refractivity contribution is -0.130. The van der Waals surface area contributed by atoms with Gasteiger partial charge in [0.1, 0.15) is 5.75 Å². The highest BCUT2D eigenvalue weighted by Gasteiger charge is 2.10. The van der Waals surface area contributed by atoms with Crippen molar-refractivity contribution in [1.29, 1.82) is 0 Å². The highest BCUT2D eigenvalue weighted by atomic mass is 79.9. The van der Waals surface area contributed by atoms with E-state index in [1.54, 1.807) is 12.1 Å². The summed E-state index contributed by atoms with van der Waals surface area (Å²) in [7, 11) is 0. The molecule has 28 heavy (non-hydrogen) atoms. The van der Waals surface area contributed by atoms with Crippen molar-refractivity contribution in [2.75, 3.05) is 6.61 Å². The molecule has 5 nitrogen and oxygen atoms in total. The highest BCUT2D eigenvalue weighted by molar-refractivity contribution is 9.10. The molecular weight excluding hydrogens is 444 g/mol. The van der Waals surface area contributed by atoms with Gasteiger partial charge in [0, 0.05) is 11.4 Å². The zero-order valence-corrected chi connectivity index (χ0v) is 17.2. The first kappa shape index (κ1) is 20.2. The van der Waals surface area contributed by atoms with Gasteiger partial charge in [-0.15, -0.1) is 0 Å². The van der Waals surface area contributed by atoms with Gasteiger partial charge in [0.25, 0.3) is 5.91 Å². The maximum atomic E-state index is 11.9. The molecule has 0 fully saturated rings. The lowest BCUT2D eigenvalue weighted by Crippen LogP contribution is -2.43. The van der Waals surface area contributed by atoms with Crippen molar-refractivity contribution in [2.24, 2.45) is 0 Å². The molecule has 3 aromatic carbocycles. The number of carbonyl (C=O) groups is 2. The summed E-state index contributed by atoms with van der Waals surface area (Å²) in [5.41, 5.74) is 5.61. The van der Waals surface area contributed by atoms with E-state index in [0.29, 0.717) is 17.2 Å². The number of halogens is 2. The number of fused-ring (bicyclic) bond motifs is 1. The van der Waals surface area contributed by atoms with Crippen molar-refractivity contribution in [2.45, 2.75) is 12.8 Å². The van der Waals surface area contributed by atoms with Gasteiger partial charge in [-0.3, -0.25) is 20.4 Å². The summed E-state index contributed by atoms with van der Waals surface area (Å²) < 4.78 is 6.34. The third-order valence-electron chi connectivity index (χ3n) is 4.11. The molecule has 0 aliphatic heterocycles. The largest absolute Gasteiger partial charge is 0.483 e. The number of hydrogen-bond donors (Lipinski definition) is 2. The number of hydrogen-bond acceptors (Lipinski definition) is 3. The van der Waals surface area contributed by atoms with Gasteiger partial charge in [-0.2, -0.15) is 0 Å². The summed E-state index contributed by atoms with van der Waals surface area (Å²) >= 11 is 9.57. The van der Waals surface area contributed by atoms with E-state index in [9.17, 15) is 9.59 Å². The molecule has 0 bridgehead atoms. The second kappa shape index (κ2) is 9.57. The van der Waals surface area contributed by atoms with E-state index in [2.05, 4.69) is 26.8 Å². The van der Waals surface area contributed by atoms with Crippen molar-refractivity contribution in [1.82, 2.24) is 10.9 Å². The van der Waals surface area contributed by atoms with Crippen LogP contribution in [0.3, 0.4) is 0 Å². The maximum absolute atomic E-state index is 11.9. The first-order valence-corrected chi connectivity index (χ1v) is 9.83. The Balaban J connectivity index is 1.45. The summed E-state index contributed by atoms with van der Waals surface area (Å²) in [5.74, 6) is -0.204. The molecule has 0 heterocycles. The molecule has 0 radical (unpaired) electrons. The lowest BCUT2D eigenvalue weighted by atomic mass is 10.1. The predicted octanol–water partition coefficient (Wildman–Crippen LogP) is 4.41. The van der Waals surface area contributed by atoms with Gasteiger partial charge in [0.05, 0.1) is 4.47 Å². The SMILES string of the molecule is O=C(CCc1ccccc1Cl)NNC(=O)COc1ccc2ccccc2c1Br. The van der Waals surface area contributed by atoms with Crippen LogP contribution in [0.5, 0.6) is 5.75 Å². The Hall–Kier alpha value is -2.57. The Morgan fingerprint density at radius 1 is 0.929 bits per heavy atom. The summed E-state index contributed by atoms with van der Waals surface area (Å²) in [6, 6.07) is 18.9. The van der Waals surface area contributed by atoms with E-state index < -0.39 is 5.91 Å². The van der Waals surface area contributed by atoms with Crippen molar-refractivity contribution in [3.8, 4) is 5.75 Å². The fourth-order valence-corrected chi connectivity index (χ4v) is 3.49. The molecule has 0 aromatic heterocycles. The van der Waals surface area contributed by atoms with E-state index in [1.165, 1.54) is 0 Å². The molecule has 7 heteroatoms. The average molecular weight is 462 g/mol. The quantitative estimate of drug-likeness (QED) is 0.534. The smallest absolute Gasteiger partial charge is 0.276 e. The normalized spacial score (nSPS) is 10.5. The molecule has 144 valence electrons. The number of ether oxygens (including phenoxy) is 1. The molecule has 0 spiro atoms. The van der Waals surface area contributed by atoms with Crippen LogP contribution in [0.1, 0.15) is 12.0 Å². The van der Waals surface area contributed by atoms with Gasteiger partial charge < -0.3 is 4.74 Å². The molecular formula is C21H18BrClN2O3. The summed E-state index contributed by atoms with van der Waals surface area (Å²) in [6.45, 7) is -0.221. The van der Waals surface area contributed by atoms with E-state index in [-0.39, 0.29) is 18.9 Å². The van der Waals surface area contributed by atoms with Crippen LogP contribution in [0.25, 0.3) is 10.8 Å². The Morgan fingerprint density at radius 3 is 2.46 bits per heavy atom. The van der Waals surface area contributed by atoms with Crippen molar-refractivity contribution in [3.05, 3.63) is 75.7 Å². The van der Waals surface area contributed by atoms with E-state index in [0.717, 1.165) is 20.8 Å². The van der Waals surface area contributed by atoms with Crippen LogP contribution >= 0.6 is 27.5 Å². The third kappa shape index (κ3) is 5.24. The van der Waals surface area contributed by atoms with Gasteiger partial charge in [-0.1, -0.05) is 60.1 Å². The minimum atomic E-state index is -0.453.